The maximum absolute atomic E-state index is 14.6. The van der Waals surface area contributed by atoms with E-state index in [1.165, 1.54) is 12.1 Å². The zero-order chi connectivity index (χ0) is 32.9. The SMILES string of the molecule is CCOc1c(CC(N)=O)cc([C@@](O)(CNC(=O)c2cc(OC3CC3)c3nn(C4CC4)cc3c2)C2CCC2)nc1-c1ccc(Cl)c(F)c1. The fourth-order valence-electron chi connectivity index (χ4n) is 6.15. The second kappa shape index (κ2) is 12.4. The number of aliphatic hydroxyl groups is 1. The van der Waals surface area contributed by atoms with Gasteiger partial charge in [0.15, 0.2) is 0 Å². The number of aromatic nitrogens is 3. The molecule has 3 aliphatic carbocycles. The highest BCUT2D eigenvalue weighted by Crippen LogP contribution is 2.45. The number of primary amides is 1. The van der Waals surface area contributed by atoms with Crippen LogP contribution < -0.4 is 20.5 Å². The average Bonchev–Trinajstić information content (AvgIpc) is 3.95. The van der Waals surface area contributed by atoms with Crippen LogP contribution in [0.4, 0.5) is 4.39 Å². The number of halogens is 2. The molecule has 3 aliphatic rings. The Morgan fingerprint density at radius 3 is 2.57 bits per heavy atom. The van der Waals surface area contributed by atoms with Crippen molar-refractivity contribution >= 4 is 34.3 Å². The van der Waals surface area contributed by atoms with Gasteiger partial charge in [-0.2, -0.15) is 5.10 Å². The number of carbonyl (C=O) groups is 2. The van der Waals surface area contributed by atoms with Crippen molar-refractivity contribution in [3.8, 4) is 22.8 Å². The minimum absolute atomic E-state index is 0.0577. The van der Waals surface area contributed by atoms with Crippen molar-refractivity contribution in [2.24, 2.45) is 11.7 Å². The molecule has 0 bridgehead atoms. The fraction of sp³-hybridized carbons (Fsp3) is 0.429. The minimum atomic E-state index is -1.61. The molecule has 7 rings (SSSR count). The van der Waals surface area contributed by atoms with E-state index in [0.29, 0.717) is 41.3 Å². The number of nitrogens with zero attached hydrogens (tertiary/aromatic N) is 3. The topological polar surface area (TPSA) is 142 Å². The third-order valence-corrected chi connectivity index (χ3v) is 9.54. The van der Waals surface area contributed by atoms with Crippen molar-refractivity contribution in [1.29, 1.82) is 0 Å². The molecule has 4 aromatic rings. The number of hydrogen-bond donors (Lipinski definition) is 3. The lowest BCUT2D eigenvalue weighted by Gasteiger charge is -2.41. The zero-order valence-electron chi connectivity index (χ0n) is 26.1. The number of benzene rings is 2. The van der Waals surface area contributed by atoms with Crippen molar-refractivity contribution in [3.05, 3.63) is 70.3 Å². The Morgan fingerprint density at radius 1 is 1.15 bits per heavy atom. The molecule has 0 unspecified atom stereocenters. The Labute approximate surface area is 276 Å². The molecule has 1 atom stereocenters. The van der Waals surface area contributed by atoms with Gasteiger partial charge < -0.3 is 25.6 Å². The van der Waals surface area contributed by atoms with Crippen LogP contribution >= 0.6 is 11.6 Å². The van der Waals surface area contributed by atoms with E-state index in [0.717, 1.165) is 43.0 Å². The summed E-state index contributed by atoms with van der Waals surface area (Å²) in [5, 5.41) is 20.9. The van der Waals surface area contributed by atoms with Crippen molar-refractivity contribution in [1.82, 2.24) is 20.1 Å². The van der Waals surface area contributed by atoms with Crippen molar-refractivity contribution in [2.45, 2.75) is 76.0 Å². The second-order valence-electron chi connectivity index (χ2n) is 12.9. The Balaban J connectivity index is 1.25. The quantitative estimate of drug-likeness (QED) is 0.169. The number of ether oxygens (including phenoxy) is 2. The predicted octanol–water partition coefficient (Wildman–Crippen LogP) is 5.61. The molecule has 0 spiro atoms. The summed E-state index contributed by atoms with van der Waals surface area (Å²) in [7, 11) is 0. The van der Waals surface area contributed by atoms with Gasteiger partial charge in [0.25, 0.3) is 5.91 Å². The number of carbonyl (C=O) groups excluding carboxylic acids is 2. The maximum atomic E-state index is 14.6. The maximum Gasteiger partial charge on any atom is 0.251 e. The van der Waals surface area contributed by atoms with E-state index in [-0.39, 0.29) is 59.7 Å². The first-order valence-electron chi connectivity index (χ1n) is 16.2. The van der Waals surface area contributed by atoms with Gasteiger partial charge >= 0.3 is 0 Å². The number of nitrogens with two attached hydrogens (primary N) is 1. The number of fused-ring (bicyclic) bond motifs is 1. The normalized spacial score (nSPS) is 17.6. The molecule has 12 heteroatoms. The summed E-state index contributed by atoms with van der Waals surface area (Å²) in [6, 6.07) is 9.74. The Bertz CT molecular complexity index is 1870. The molecular formula is C35H37ClFN5O5. The van der Waals surface area contributed by atoms with E-state index in [9.17, 15) is 19.1 Å². The number of pyridine rings is 1. The number of nitrogens with one attached hydrogen (secondary N) is 1. The van der Waals surface area contributed by atoms with Gasteiger partial charge in [-0.05, 0) is 81.7 Å². The number of amides is 2. The molecular weight excluding hydrogens is 625 g/mol. The van der Waals surface area contributed by atoms with Crippen LogP contribution in [0, 0.1) is 11.7 Å². The monoisotopic (exact) mass is 661 g/mol. The Hall–Kier alpha value is -4.22. The highest BCUT2D eigenvalue weighted by molar-refractivity contribution is 6.30. The smallest absolute Gasteiger partial charge is 0.251 e. The zero-order valence-corrected chi connectivity index (χ0v) is 26.9. The lowest BCUT2D eigenvalue weighted by molar-refractivity contribution is -0.117. The summed E-state index contributed by atoms with van der Waals surface area (Å²) in [6.07, 6.45) is 8.30. The third kappa shape index (κ3) is 6.38. The molecule has 47 heavy (non-hydrogen) atoms. The van der Waals surface area contributed by atoms with E-state index in [1.807, 2.05) is 10.9 Å². The summed E-state index contributed by atoms with van der Waals surface area (Å²) in [5.41, 5.74) is 6.36. The van der Waals surface area contributed by atoms with E-state index < -0.39 is 17.3 Å². The predicted molar refractivity (Wildman–Crippen MR) is 174 cm³/mol. The van der Waals surface area contributed by atoms with Gasteiger partial charge in [-0.3, -0.25) is 14.3 Å². The van der Waals surface area contributed by atoms with Crippen LogP contribution in [-0.2, 0) is 16.8 Å². The van der Waals surface area contributed by atoms with E-state index in [1.54, 1.807) is 31.2 Å². The number of hydrogen-bond acceptors (Lipinski definition) is 7. The van der Waals surface area contributed by atoms with Gasteiger partial charge in [0.1, 0.15) is 34.1 Å². The summed E-state index contributed by atoms with van der Waals surface area (Å²) in [4.78, 5) is 30.7. The minimum Gasteiger partial charge on any atom is -0.491 e. The van der Waals surface area contributed by atoms with Gasteiger partial charge in [0, 0.05) is 28.3 Å². The fourth-order valence-corrected chi connectivity index (χ4v) is 6.27. The molecule has 4 N–H and O–H groups in total. The van der Waals surface area contributed by atoms with Gasteiger partial charge in [0.2, 0.25) is 5.91 Å². The molecule has 2 heterocycles. The van der Waals surface area contributed by atoms with Crippen molar-refractivity contribution < 1.29 is 28.6 Å². The molecule has 2 aromatic heterocycles. The molecule has 0 saturated heterocycles. The first-order valence-corrected chi connectivity index (χ1v) is 16.6. The number of rotatable bonds is 13. The van der Waals surface area contributed by atoms with E-state index in [2.05, 4.69) is 5.32 Å². The highest BCUT2D eigenvalue weighted by Gasteiger charge is 2.44. The van der Waals surface area contributed by atoms with Crippen molar-refractivity contribution in [3.63, 3.8) is 0 Å². The van der Waals surface area contributed by atoms with Gasteiger partial charge in [0.05, 0.1) is 42.4 Å². The van der Waals surface area contributed by atoms with E-state index in [4.69, 9.17) is 36.9 Å². The molecule has 246 valence electrons. The Kier molecular flexibility index (Phi) is 8.30. The second-order valence-corrected chi connectivity index (χ2v) is 13.3. The van der Waals surface area contributed by atoms with Crippen LogP contribution in [0.15, 0.2) is 42.6 Å². The average molecular weight is 662 g/mol. The molecule has 0 aliphatic heterocycles. The van der Waals surface area contributed by atoms with Gasteiger partial charge in [-0.1, -0.05) is 24.1 Å². The molecule has 0 radical (unpaired) electrons. The van der Waals surface area contributed by atoms with E-state index >= 15 is 0 Å². The highest BCUT2D eigenvalue weighted by atomic mass is 35.5. The summed E-state index contributed by atoms with van der Waals surface area (Å²) >= 11 is 5.97. The van der Waals surface area contributed by atoms with Gasteiger partial charge in [-0.25, -0.2) is 9.37 Å². The Morgan fingerprint density at radius 2 is 1.94 bits per heavy atom. The van der Waals surface area contributed by atoms with Crippen LogP contribution in [0.5, 0.6) is 11.5 Å². The molecule has 2 amide bonds. The molecule has 10 nitrogen and oxygen atoms in total. The summed E-state index contributed by atoms with van der Waals surface area (Å²) in [6.45, 7) is 1.87. The third-order valence-electron chi connectivity index (χ3n) is 9.23. The standard InChI is InChI=1S/C35H37ClFN5O5/c1-2-46-33-20(16-30(38)43)15-29(40-32(33)19-6-11-26(36)27(37)13-19)35(45,23-4-3-5-23)18-39-34(44)21-12-22-17-42(24-7-8-24)41-31(22)28(14-21)47-25-9-10-25/h6,11-15,17,23-25,45H,2-5,7-10,16,18H2,1H3,(H2,38,43)(H,39,44)/t35-/m1/s1. The lowest BCUT2D eigenvalue weighted by atomic mass is 9.70. The summed E-state index contributed by atoms with van der Waals surface area (Å²) in [5.74, 6) is -1.03. The van der Waals surface area contributed by atoms with Crippen LogP contribution in [0.25, 0.3) is 22.2 Å². The molecule has 3 saturated carbocycles. The molecule has 2 aromatic carbocycles. The first kappa shape index (κ1) is 31.4. The van der Waals surface area contributed by atoms with Crippen LogP contribution in [0.1, 0.15) is 79.5 Å². The lowest BCUT2D eigenvalue weighted by Crippen LogP contribution is -2.49. The first-order chi connectivity index (χ1) is 22.6. The van der Waals surface area contributed by atoms with Crippen LogP contribution in [0.2, 0.25) is 5.02 Å². The summed E-state index contributed by atoms with van der Waals surface area (Å²) < 4.78 is 28.7. The van der Waals surface area contributed by atoms with Gasteiger partial charge in [-0.15, -0.1) is 0 Å². The van der Waals surface area contributed by atoms with Crippen LogP contribution in [-0.4, -0.2) is 50.9 Å². The largest absolute Gasteiger partial charge is 0.491 e. The van der Waals surface area contributed by atoms with Crippen LogP contribution in [0.3, 0.4) is 0 Å². The van der Waals surface area contributed by atoms with Crippen molar-refractivity contribution in [2.75, 3.05) is 13.2 Å². The molecule has 3 fully saturated rings.